The molecule has 0 aliphatic carbocycles. The molecule has 1 aromatic rings. The van der Waals surface area contributed by atoms with Crippen LogP contribution in [-0.2, 0) is 14.4 Å². The summed E-state index contributed by atoms with van der Waals surface area (Å²) in [6.07, 6.45) is 7.71. The Morgan fingerprint density at radius 3 is 2.74 bits per heavy atom. The highest BCUT2D eigenvalue weighted by Crippen LogP contribution is 2.32. The van der Waals surface area contributed by atoms with E-state index in [1.165, 1.54) is 16.2 Å². The van der Waals surface area contributed by atoms with Gasteiger partial charge in [0, 0.05) is 13.0 Å². The number of amides is 1. The van der Waals surface area contributed by atoms with Crippen molar-refractivity contribution in [2.24, 2.45) is 5.92 Å². The molecule has 0 saturated carbocycles. The van der Waals surface area contributed by atoms with Crippen molar-refractivity contribution in [1.82, 2.24) is 5.06 Å². The molecule has 4 heteroatoms. The van der Waals surface area contributed by atoms with Gasteiger partial charge in [-0.3, -0.25) is 4.79 Å². The van der Waals surface area contributed by atoms with Crippen LogP contribution >= 0.6 is 0 Å². The van der Waals surface area contributed by atoms with Crippen LogP contribution in [0.25, 0.3) is 6.08 Å². The highest BCUT2D eigenvalue weighted by Gasteiger charge is 2.46. The summed E-state index contributed by atoms with van der Waals surface area (Å²) in [4.78, 5) is 17.9. The van der Waals surface area contributed by atoms with E-state index in [2.05, 4.69) is 43.3 Å². The molecule has 23 heavy (non-hydrogen) atoms. The van der Waals surface area contributed by atoms with E-state index in [0.29, 0.717) is 0 Å². The van der Waals surface area contributed by atoms with Crippen molar-refractivity contribution in [2.75, 3.05) is 6.61 Å². The lowest BCUT2D eigenvalue weighted by molar-refractivity contribution is -0.316. The van der Waals surface area contributed by atoms with Crippen LogP contribution in [0, 0.1) is 12.8 Å². The zero-order valence-corrected chi connectivity index (χ0v) is 13.9. The van der Waals surface area contributed by atoms with Crippen molar-refractivity contribution in [2.45, 2.75) is 51.9 Å². The molecule has 0 aromatic heterocycles. The van der Waals surface area contributed by atoms with E-state index in [0.717, 1.165) is 32.3 Å². The molecule has 2 aliphatic rings. The van der Waals surface area contributed by atoms with E-state index in [-0.39, 0.29) is 24.2 Å². The van der Waals surface area contributed by atoms with Gasteiger partial charge >= 0.3 is 0 Å². The van der Waals surface area contributed by atoms with Gasteiger partial charge in [0.05, 0.1) is 12.0 Å². The van der Waals surface area contributed by atoms with E-state index in [1.807, 2.05) is 6.92 Å². The van der Waals surface area contributed by atoms with Crippen LogP contribution < -0.4 is 0 Å². The number of carbonyl (C=O) groups is 1. The summed E-state index contributed by atoms with van der Waals surface area (Å²) in [6, 6.07) is 8.48. The third-order valence-electron chi connectivity index (χ3n) is 4.63. The van der Waals surface area contributed by atoms with Crippen molar-refractivity contribution in [3.05, 3.63) is 41.5 Å². The highest BCUT2D eigenvalue weighted by molar-refractivity contribution is 5.85. The summed E-state index contributed by atoms with van der Waals surface area (Å²) in [5, 5.41) is 1.50. The lowest BCUT2D eigenvalue weighted by Gasteiger charge is -2.45. The zero-order valence-electron chi connectivity index (χ0n) is 13.9. The molecule has 3 atom stereocenters. The van der Waals surface area contributed by atoms with Crippen LogP contribution in [0.4, 0.5) is 0 Å². The summed E-state index contributed by atoms with van der Waals surface area (Å²) >= 11 is 0. The number of hydroxylamine groups is 2. The van der Waals surface area contributed by atoms with Gasteiger partial charge in [0.25, 0.3) is 5.91 Å². The summed E-state index contributed by atoms with van der Waals surface area (Å²) in [6.45, 7) is 4.84. The predicted octanol–water partition coefficient (Wildman–Crippen LogP) is 3.70. The fourth-order valence-corrected chi connectivity index (χ4v) is 3.05. The lowest BCUT2D eigenvalue weighted by Crippen LogP contribution is -2.60. The van der Waals surface area contributed by atoms with Gasteiger partial charge in [-0.25, -0.2) is 9.90 Å². The first kappa shape index (κ1) is 16.2. The molecule has 4 nitrogen and oxygen atoms in total. The summed E-state index contributed by atoms with van der Waals surface area (Å²) in [5.74, 6) is 0.0838. The maximum absolute atomic E-state index is 12.2. The Morgan fingerprint density at radius 1 is 1.30 bits per heavy atom. The second-order valence-corrected chi connectivity index (χ2v) is 6.46. The van der Waals surface area contributed by atoms with Crippen LogP contribution in [-0.4, -0.2) is 29.9 Å². The number of carbonyl (C=O) groups excluding carboxylic acids is 1. The van der Waals surface area contributed by atoms with Gasteiger partial charge in [-0.2, -0.15) is 0 Å². The standard InChI is InChI=1S/C19H25NO3/c1-14-9-11-16(12-10-14)6-5-7-17-15(2)20(19(17)21)23-18-8-3-4-13-22-18/h5-6,9-12,15,17-18H,3-4,7-8,13H2,1-2H3/b6-5+. The SMILES string of the molecule is Cc1ccc(/C=C/CC2C(=O)N(OC3CCCCO3)C2C)cc1. The minimum Gasteiger partial charge on any atom is -0.350 e. The topological polar surface area (TPSA) is 38.8 Å². The number of aryl methyl sites for hydroxylation is 1. The molecule has 1 aromatic carbocycles. The minimum atomic E-state index is -0.251. The summed E-state index contributed by atoms with van der Waals surface area (Å²) in [7, 11) is 0. The van der Waals surface area contributed by atoms with E-state index in [9.17, 15) is 4.79 Å². The molecule has 1 amide bonds. The fourth-order valence-electron chi connectivity index (χ4n) is 3.05. The minimum absolute atomic E-state index is 0.0142. The van der Waals surface area contributed by atoms with Gasteiger partial charge < -0.3 is 4.74 Å². The second-order valence-electron chi connectivity index (χ2n) is 6.46. The number of β-lactam (4-membered cyclic amide) rings is 1. The third-order valence-corrected chi connectivity index (χ3v) is 4.63. The molecule has 2 fully saturated rings. The Bertz CT molecular complexity index is 560. The normalized spacial score (nSPS) is 28.2. The van der Waals surface area contributed by atoms with Gasteiger partial charge in [-0.15, -0.1) is 0 Å². The Kier molecular flexibility index (Phi) is 5.13. The molecule has 0 bridgehead atoms. The number of benzene rings is 1. The van der Waals surface area contributed by atoms with Crippen LogP contribution in [0.2, 0.25) is 0 Å². The van der Waals surface area contributed by atoms with Gasteiger partial charge in [0.2, 0.25) is 0 Å². The Labute approximate surface area is 138 Å². The van der Waals surface area contributed by atoms with Gasteiger partial charge in [-0.1, -0.05) is 42.0 Å². The smallest absolute Gasteiger partial charge is 0.252 e. The molecule has 124 valence electrons. The molecular formula is C19H25NO3. The molecule has 2 saturated heterocycles. The number of allylic oxidation sites excluding steroid dienone is 1. The molecule has 3 rings (SSSR count). The van der Waals surface area contributed by atoms with Crippen molar-refractivity contribution in [3.8, 4) is 0 Å². The van der Waals surface area contributed by atoms with Gasteiger partial charge in [-0.05, 0) is 38.7 Å². The van der Waals surface area contributed by atoms with Gasteiger partial charge in [0.15, 0.2) is 6.29 Å². The second kappa shape index (κ2) is 7.28. The average molecular weight is 315 g/mol. The first-order valence-electron chi connectivity index (χ1n) is 8.50. The van der Waals surface area contributed by atoms with E-state index in [4.69, 9.17) is 9.57 Å². The monoisotopic (exact) mass is 315 g/mol. The largest absolute Gasteiger partial charge is 0.350 e. The van der Waals surface area contributed by atoms with E-state index >= 15 is 0 Å². The molecule has 3 unspecified atom stereocenters. The van der Waals surface area contributed by atoms with Crippen molar-refractivity contribution in [1.29, 1.82) is 0 Å². The van der Waals surface area contributed by atoms with Crippen molar-refractivity contribution in [3.63, 3.8) is 0 Å². The molecule has 0 radical (unpaired) electrons. The number of hydrogen-bond donors (Lipinski definition) is 0. The molecule has 2 heterocycles. The van der Waals surface area contributed by atoms with Crippen molar-refractivity contribution >= 4 is 12.0 Å². The number of hydrogen-bond acceptors (Lipinski definition) is 3. The molecule has 2 aliphatic heterocycles. The molecule has 0 spiro atoms. The average Bonchev–Trinajstić information content (AvgIpc) is 2.59. The van der Waals surface area contributed by atoms with Gasteiger partial charge in [0.1, 0.15) is 0 Å². The van der Waals surface area contributed by atoms with Crippen LogP contribution in [0.3, 0.4) is 0 Å². The zero-order chi connectivity index (χ0) is 16.2. The lowest BCUT2D eigenvalue weighted by atomic mass is 9.88. The van der Waals surface area contributed by atoms with Crippen molar-refractivity contribution < 1.29 is 14.4 Å². The van der Waals surface area contributed by atoms with E-state index < -0.39 is 0 Å². The third kappa shape index (κ3) is 3.82. The number of rotatable bonds is 5. The maximum Gasteiger partial charge on any atom is 0.252 e. The Morgan fingerprint density at radius 2 is 2.09 bits per heavy atom. The Hall–Kier alpha value is -1.65. The van der Waals surface area contributed by atoms with Crippen LogP contribution in [0.1, 0.15) is 43.7 Å². The first-order chi connectivity index (χ1) is 11.1. The number of ether oxygens (including phenoxy) is 1. The highest BCUT2D eigenvalue weighted by atomic mass is 16.8. The predicted molar refractivity (Wildman–Crippen MR) is 89.3 cm³/mol. The van der Waals surface area contributed by atoms with E-state index in [1.54, 1.807) is 0 Å². The van der Waals surface area contributed by atoms with Crippen LogP contribution in [0.15, 0.2) is 30.3 Å². The quantitative estimate of drug-likeness (QED) is 0.778. The Balaban J connectivity index is 1.48. The van der Waals surface area contributed by atoms with Crippen LogP contribution in [0.5, 0.6) is 0 Å². The number of nitrogens with zero attached hydrogens (tertiary/aromatic N) is 1. The summed E-state index contributed by atoms with van der Waals surface area (Å²) < 4.78 is 5.53. The molecular weight excluding hydrogens is 290 g/mol. The first-order valence-corrected chi connectivity index (χ1v) is 8.50. The fraction of sp³-hybridized carbons (Fsp3) is 0.526. The summed E-state index contributed by atoms with van der Waals surface area (Å²) in [5.41, 5.74) is 2.42. The molecule has 0 N–H and O–H groups in total. The maximum atomic E-state index is 12.2.